The summed E-state index contributed by atoms with van der Waals surface area (Å²) in [6, 6.07) is 17.4. The maximum Gasteiger partial charge on any atom is 0.245 e. The Labute approximate surface area is 194 Å². The van der Waals surface area contributed by atoms with Gasteiger partial charge >= 0.3 is 0 Å². The molecule has 2 aromatic carbocycles. The average molecular weight is 467 g/mol. The van der Waals surface area contributed by atoms with Gasteiger partial charge in [-0.05, 0) is 35.9 Å². The normalized spacial score (nSPS) is 29.8. The molecule has 9 heteroatoms. The highest BCUT2D eigenvalue weighted by Crippen LogP contribution is 2.69. The van der Waals surface area contributed by atoms with E-state index in [1.54, 1.807) is 43.3 Å². The molecule has 0 aromatic heterocycles. The number of halogens is 2. The van der Waals surface area contributed by atoms with E-state index in [2.05, 4.69) is 6.07 Å². The first-order valence-corrected chi connectivity index (χ1v) is 10.3. The first-order valence-electron chi connectivity index (χ1n) is 9.55. The molecule has 32 heavy (non-hydrogen) atoms. The minimum atomic E-state index is -2.08. The molecule has 2 fully saturated rings. The van der Waals surface area contributed by atoms with Crippen molar-refractivity contribution in [1.29, 1.82) is 21.2 Å². The lowest BCUT2D eigenvalue weighted by molar-refractivity contribution is -0.288. The summed E-state index contributed by atoms with van der Waals surface area (Å²) in [5.74, 6) is -2.67. The summed E-state index contributed by atoms with van der Waals surface area (Å²) in [7, 11) is 1.49. The molecule has 0 saturated carbocycles. The Kier molecular flexibility index (Phi) is 5.07. The second kappa shape index (κ2) is 7.40. The van der Waals surface area contributed by atoms with Crippen LogP contribution in [0.25, 0.3) is 0 Å². The summed E-state index contributed by atoms with van der Waals surface area (Å²) >= 11 is 12.5. The molecule has 2 heterocycles. The Morgan fingerprint density at radius 2 is 1.78 bits per heavy atom. The second-order valence-electron chi connectivity index (χ2n) is 7.67. The topological polar surface area (TPSA) is 123 Å². The molecule has 2 aromatic rings. The van der Waals surface area contributed by atoms with Crippen LogP contribution in [0.1, 0.15) is 24.2 Å². The quantitative estimate of drug-likeness (QED) is 0.669. The summed E-state index contributed by atoms with van der Waals surface area (Å²) < 4.78 is 17.6. The number of benzene rings is 2. The van der Waals surface area contributed by atoms with Gasteiger partial charge in [0.2, 0.25) is 17.1 Å². The molecule has 2 aliphatic rings. The first-order chi connectivity index (χ1) is 15.3. The molecule has 2 bridgehead atoms. The summed E-state index contributed by atoms with van der Waals surface area (Å²) in [6.45, 7) is 1.61. The van der Waals surface area contributed by atoms with Gasteiger partial charge in [0, 0.05) is 10.6 Å². The van der Waals surface area contributed by atoms with E-state index in [0.717, 1.165) is 0 Å². The largest absolute Gasteiger partial charge is 0.497 e. The molecule has 7 nitrogen and oxygen atoms in total. The molecule has 0 amide bonds. The predicted molar refractivity (Wildman–Crippen MR) is 115 cm³/mol. The van der Waals surface area contributed by atoms with Gasteiger partial charge < -0.3 is 14.2 Å². The van der Waals surface area contributed by atoms with Gasteiger partial charge in [0.05, 0.1) is 36.3 Å². The Bertz CT molecular complexity index is 1250. The fourth-order valence-electron chi connectivity index (χ4n) is 4.72. The number of ether oxygens (including phenoxy) is 3. The second-order valence-corrected chi connectivity index (χ2v) is 8.51. The molecule has 2 aliphatic heterocycles. The summed E-state index contributed by atoms with van der Waals surface area (Å²) in [6.07, 6.45) is -1.25. The van der Waals surface area contributed by atoms with Gasteiger partial charge in [-0.15, -0.1) is 0 Å². The zero-order valence-corrected chi connectivity index (χ0v) is 18.5. The minimum Gasteiger partial charge on any atom is -0.497 e. The maximum absolute atomic E-state index is 10.3. The smallest absolute Gasteiger partial charge is 0.245 e. The van der Waals surface area contributed by atoms with Crippen LogP contribution in [0.15, 0.2) is 42.5 Å². The minimum absolute atomic E-state index is 0.205. The van der Waals surface area contributed by atoms with Crippen LogP contribution in [0, 0.1) is 56.2 Å². The van der Waals surface area contributed by atoms with Crippen molar-refractivity contribution in [1.82, 2.24) is 0 Å². The highest BCUT2D eigenvalue weighted by Gasteiger charge is 2.80. The zero-order chi connectivity index (χ0) is 23.3. The van der Waals surface area contributed by atoms with E-state index in [9.17, 15) is 15.8 Å². The molecule has 0 radical (unpaired) electrons. The van der Waals surface area contributed by atoms with Gasteiger partial charge in [-0.25, -0.2) is 0 Å². The van der Waals surface area contributed by atoms with E-state index < -0.39 is 34.5 Å². The van der Waals surface area contributed by atoms with Crippen LogP contribution < -0.4 is 4.74 Å². The van der Waals surface area contributed by atoms with E-state index in [1.165, 1.54) is 13.2 Å². The van der Waals surface area contributed by atoms with Crippen LogP contribution in [0.2, 0.25) is 10.0 Å². The van der Waals surface area contributed by atoms with E-state index in [1.807, 2.05) is 12.1 Å². The molecule has 2 saturated heterocycles. The van der Waals surface area contributed by atoms with Gasteiger partial charge in [-0.3, -0.25) is 5.41 Å². The van der Waals surface area contributed by atoms with E-state index in [4.69, 9.17) is 42.8 Å². The van der Waals surface area contributed by atoms with E-state index in [-0.39, 0.29) is 5.02 Å². The summed E-state index contributed by atoms with van der Waals surface area (Å²) in [4.78, 5) is 0. The molecule has 4 rings (SSSR count). The Balaban J connectivity index is 2.06. The van der Waals surface area contributed by atoms with E-state index in [0.29, 0.717) is 21.9 Å². The highest BCUT2D eigenvalue weighted by atomic mass is 35.5. The van der Waals surface area contributed by atoms with Gasteiger partial charge in [-0.1, -0.05) is 42.3 Å². The number of methoxy groups -OCH3 is 1. The fourth-order valence-corrected chi connectivity index (χ4v) is 5.26. The number of nitrogens with zero attached hydrogens (tertiary/aromatic N) is 3. The van der Waals surface area contributed by atoms with Gasteiger partial charge in [-0.2, -0.15) is 15.8 Å². The van der Waals surface area contributed by atoms with Crippen molar-refractivity contribution in [2.45, 2.75) is 18.8 Å². The van der Waals surface area contributed by atoms with E-state index >= 15 is 0 Å². The highest BCUT2D eigenvalue weighted by molar-refractivity contribution is 6.35. The van der Waals surface area contributed by atoms with Crippen molar-refractivity contribution in [2.75, 3.05) is 7.11 Å². The van der Waals surface area contributed by atoms with Crippen LogP contribution in [-0.2, 0) is 15.3 Å². The first kappa shape index (κ1) is 21.9. The van der Waals surface area contributed by atoms with Crippen molar-refractivity contribution in [3.8, 4) is 24.0 Å². The number of hydrogen-bond acceptors (Lipinski definition) is 7. The molecule has 0 aliphatic carbocycles. The third kappa shape index (κ3) is 2.52. The maximum atomic E-state index is 10.3. The predicted octanol–water partition coefficient (Wildman–Crippen LogP) is 5.11. The van der Waals surface area contributed by atoms with Crippen LogP contribution in [0.4, 0.5) is 0 Å². The molecular weight excluding hydrogens is 451 g/mol. The Hall–Kier alpha value is -3.28. The third-order valence-corrected chi connectivity index (χ3v) is 6.92. The molecule has 4 atom stereocenters. The molecular formula is C23H16Cl2N4O3. The number of nitrogens with one attached hydrogen (secondary N) is 1. The number of hydrogen-bond donors (Lipinski definition) is 1. The van der Waals surface area contributed by atoms with Crippen molar-refractivity contribution in [2.24, 2.45) is 16.7 Å². The van der Waals surface area contributed by atoms with Crippen LogP contribution in [0.3, 0.4) is 0 Å². The third-order valence-electron chi connectivity index (χ3n) is 6.37. The van der Waals surface area contributed by atoms with Crippen LogP contribution in [0.5, 0.6) is 5.75 Å². The number of rotatable bonds is 3. The monoisotopic (exact) mass is 466 g/mol. The van der Waals surface area contributed by atoms with Crippen molar-refractivity contribution < 1.29 is 14.2 Å². The van der Waals surface area contributed by atoms with Gasteiger partial charge in [0.25, 0.3) is 0 Å². The molecule has 160 valence electrons. The number of nitriles is 3. The average Bonchev–Trinajstić information content (AvgIpc) is 2.95. The summed E-state index contributed by atoms with van der Waals surface area (Å²) in [5.41, 5.74) is -3.24. The van der Waals surface area contributed by atoms with Crippen LogP contribution in [-0.4, -0.2) is 13.0 Å². The van der Waals surface area contributed by atoms with Crippen molar-refractivity contribution >= 4 is 29.1 Å². The van der Waals surface area contributed by atoms with Crippen molar-refractivity contribution in [3.63, 3.8) is 0 Å². The lowest BCUT2D eigenvalue weighted by Gasteiger charge is -2.49. The standard InChI is InChI=1S/C23H16Cl2N4O3/c1-13-22(12-28)20(29)32-23(13,17-7-6-15(24)9-18(17)25)31-19(21(22,10-26)11-27)14-4-3-5-16(8-14)30-2/h3-9,13,19,29H,1-2H3. The fraction of sp³-hybridized carbons (Fsp3) is 0.304. The van der Waals surface area contributed by atoms with Gasteiger partial charge in [0.1, 0.15) is 11.9 Å². The SMILES string of the molecule is COc1cccc(C2OC3(c4ccc(Cl)cc4Cl)OC(=N)C(C#N)(C3C)C2(C#N)C#N)c1. The molecule has 4 unspecified atom stereocenters. The lowest BCUT2D eigenvalue weighted by Crippen LogP contribution is -2.57. The van der Waals surface area contributed by atoms with Gasteiger partial charge in [0.15, 0.2) is 5.41 Å². The Morgan fingerprint density at radius 3 is 2.38 bits per heavy atom. The van der Waals surface area contributed by atoms with Crippen molar-refractivity contribution in [3.05, 3.63) is 63.6 Å². The summed E-state index contributed by atoms with van der Waals surface area (Å²) in [5, 5.41) is 40.1. The zero-order valence-electron chi connectivity index (χ0n) is 17.0. The molecule has 0 spiro atoms. The van der Waals surface area contributed by atoms with Crippen LogP contribution >= 0.6 is 23.2 Å². The lowest BCUT2D eigenvalue weighted by atomic mass is 9.53. The molecule has 1 N–H and O–H groups in total. The Morgan fingerprint density at radius 1 is 1.06 bits per heavy atom. The number of fused-ring (bicyclic) bond motifs is 2.